The monoisotopic (exact) mass is 437 g/mol. The molecule has 1 aromatic rings. The predicted molar refractivity (Wildman–Crippen MR) is 121 cm³/mol. The number of rotatable bonds is 16. The Morgan fingerprint density at radius 2 is 1.47 bits per heavy atom. The molecule has 0 aliphatic heterocycles. The zero-order valence-corrected chi connectivity index (χ0v) is 19.1. The van der Waals surface area contributed by atoms with Crippen LogP contribution in [0.15, 0.2) is 24.3 Å². The van der Waals surface area contributed by atoms with E-state index in [2.05, 4.69) is 12.2 Å². The number of Topliss-reactive ketones (excluding diaryl/α,β-unsaturated/α-hetero) is 1. The summed E-state index contributed by atoms with van der Waals surface area (Å²) in [6.45, 7) is 4.10. The van der Waals surface area contributed by atoms with Crippen LogP contribution in [-0.4, -0.2) is 30.3 Å². The second-order valence-corrected chi connectivity index (χ2v) is 8.02. The maximum atomic E-state index is 12.5. The van der Waals surface area contributed by atoms with E-state index in [4.69, 9.17) is 16.3 Å². The van der Waals surface area contributed by atoms with Gasteiger partial charge in [-0.1, -0.05) is 69.9 Å². The first-order chi connectivity index (χ1) is 14.5. The lowest BCUT2D eigenvalue weighted by atomic mass is 10.0. The number of carbonyl (C=O) groups is 3. The number of carbonyl (C=O) groups excluding carboxylic acids is 3. The first-order valence-electron chi connectivity index (χ1n) is 11.2. The third kappa shape index (κ3) is 11.3. The molecular weight excluding hydrogens is 402 g/mol. The van der Waals surface area contributed by atoms with Gasteiger partial charge >= 0.3 is 5.97 Å². The van der Waals surface area contributed by atoms with Crippen molar-refractivity contribution >= 4 is 29.3 Å². The molecule has 0 unspecified atom stereocenters. The highest BCUT2D eigenvalue weighted by Gasteiger charge is 2.25. The summed E-state index contributed by atoms with van der Waals surface area (Å²) in [6.07, 6.45) is 10.7. The molecule has 0 bridgehead atoms. The average molecular weight is 438 g/mol. The topological polar surface area (TPSA) is 72.5 Å². The number of unbranched alkanes of at least 4 members (excludes halogenated alkanes) is 8. The van der Waals surface area contributed by atoms with Crippen molar-refractivity contribution in [2.75, 3.05) is 6.61 Å². The van der Waals surface area contributed by atoms with Crippen molar-refractivity contribution in [1.29, 1.82) is 0 Å². The van der Waals surface area contributed by atoms with Crippen LogP contribution in [0.3, 0.4) is 0 Å². The Bertz CT molecular complexity index is 645. The van der Waals surface area contributed by atoms with Gasteiger partial charge in [0.05, 0.1) is 6.61 Å². The summed E-state index contributed by atoms with van der Waals surface area (Å²) in [4.78, 5) is 37.0. The normalized spacial score (nSPS) is 11.7. The molecule has 0 saturated heterocycles. The lowest BCUT2D eigenvalue weighted by molar-refractivity contribution is -0.147. The molecule has 0 aliphatic carbocycles. The minimum absolute atomic E-state index is 0.135. The number of esters is 1. The van der Waals surface area contributed by atoms with E-state index in [9.17, 15) is 14.4 Å². The van der Waals surface area contributed by atoms with Gasteiger partial charge in [0.25, 0.3) is 0 Å². The van der Waals surface area contributed by atoms with Crippen LogP contribution in [0, 0.1) is 0 Å². The lowest BCUT2D eigenvalue weighted by Gasteiger charge is -2.17. The first kappa shape index (κ1) is 26.2. The molecule has 1 amide bonds. The van der Waals surface area contributed by atoms with E-state index in [1.807, 2.05) is 0 Å². The van der Waals surface area contributed by atoms with Crippen molar-refractivity contribution in [3.63, 3.8) is 0 Å². The molecule has 0 aliphatic rings. The van der Waals surface area contributed by atoms with Gasteiger partial charge in [0, 0.05) is 23.4 Å². The van der Waals surface area contributed by atoms with Crippen LogP contribution in [0.5, 0.6) is 0 Å². The van der Waals surface area contributed by atoms with E-state index < -0.39 is 12.0 Å². The third-order valence-corrected chi connectivity index (χ3v) is 5.22. The van der Waals surface area contributed by atoms with Crippen molar-refractivity contribution in [3.8, 4) is 0 Å². The quantitative estimate of drug-likeness (QED) is 0.199. The largest absolute Gasteiger partial charge is 0.464 e. The molecule has 0 aromatic heterocycles. The Balaban J connectivity index is 2.40. The van der Waals surface area contributed by atoms with Gasteiger partial charge in [0.2, 0.25) is 5.91 Å². The van der Waals surface area contributed by atoms with E-state index in [0.717, 1.165) is 19.3 Å². The second kappa shape index (κ2) is 15.9. The van der Waals surface area contributed by atoms with Crippen molar-refractivity contribution < 1.29 is 19.1 Å². The number of amides is 1. The van der Waals surface area contributed by atoms with Crippen LogP contribution >= 0.6 is 11.6 Å². The molecule has 6 heteroatoms. The maximum Gasteiger partial charge on any atom is 0.329 e. The summed E-state index contributed by atoms with van der Waals surface area (Å²) >= 11 is 5.85. The smallest absolute Gasteiger partial charge is 0.329 e. The molecule has 168 valence electrons. The summed E-state index contributed by atoms with van der Waals surface area (Å²) in [5, 5.41) is 3.21. The highest BCUT2D eigenvalue weighted by Crippen LogP contribution is 2.13. The number of hydrogen-bond donors (Lipinski definition) is 1. The van der Waals surface area contributed by atoms with Crippen molar-refractivity contribution in [1.82, 2.24) is 5.32 Å². The number of hydrogen-bond acceptors (Lipinski definition) is 4. The molecular formula is C24H36ClNO4. The van der Waals surface area contributed by atoms with Gasteiger partial charge in [-0.2, -0.15) is 0 Å². The molecule has 1 aromatic carbocycles. The number of nitrogens with one attached hydrogen (secondary N) is 1. The van der Waals surface area contributed by atoms with Crippen LogP contribution < -0.4 is 5.32 Å². The van der Waals surface area contributed by atoms with Gasteiger partial charge in [-0.15, -0.1) is 0 Å². The third-order valence-electron chi connectivity index (χ3n) is 4.97. The fourth-order valence-electron chi connectivity index (χ4n) is 3.24. The molecule has 0 radical (unpaired) electrons. The summed E-state index contributed by atoms with van der Waals surface area (Å²) in [5.41, 5.74) is 0.446. The van der Waals surface area contributed by atoms with E-state index in [0.29, 0.717) is 17.0 Å². The minimum Gasteiger partial charge on any atom is -0.464 e. The second-order valence-electron chi connectivity index (χ2n) is 7.58. The molecule has 1 atom stereocenters. The van der Waals surface area contributed by atoms with Crippen LogP contribution in [0.1, 0.15) is 94.8 Å². The average Bonchev–Trinajstić information content (AvgIpc) is 2.72. The molecule has 1 rings (SSSR count). The number of halogens is 1. The highest BCUT2D eigenvalue weighted by molar-refractivity contribution is 6.30. The van der Waals surface area contributed by atoms with E-state index in [1.165, 1.54) is 38.5 Å². The van der Waals surface area contributed by atoms with E-state index in [1.54, 1.807) is 31.2 Å². The van der Waals surface area contributed by atoms with Crippen molar-refractivity contribution in [2.45, 2.75) is 90.5 Å². The van der Waals surface area contributed by atoms with Crippen LogP contribution in [-0.2, 0) is 14.3 Å². The molecule has 0 fully saturated rings. The minimum atomic E-state index is -0.973. The Hall–Kier alpha value is -1.88. The fourth-order valence-corrected chi connectivity index (χ4v) is 3.36. The Morgan fingerprint density at radius 3 is 2.03 bits per heavy atom. The van der Waals surface area contributed by atoms with Crippen molar-refractivity contribution in [2.24, 2.45) is 0 Å². The maximum absolute atomic E-state index is 12.5. The zero-order valence-electron chi connectivity index (χ0n) is 18.4. The number of benzene rings is 1. The summed E-state index contributed by atoms with van der Waals surface area (Å²) in [5.74, 6) is -1.05. The molecule has 1 N–H and O–H groups in total. The number of ether oxygens (including phenoxy) is 1. The van der Waals surface area contributed by atoms with Crippen molar-refractivity contribution in [3.05, 3.63) is 34.9 Å². The van der Waals surface area contributed by atoms with Crippen LogP contribution in [0.2, 0.25) is 5.02 Å². The fraction of sp³-hybridized carbons (Fsp3) is 0.625. The molecule has 5 nitrogen and oxygen atoms in total. The van der Waals surface area contributed by atoms with Crippen LogP contribution in [0.4, 0.5) is 0 Å². The highest BCUT2D eigenvalue weighted by atomic mass is 35.5. The predicted octanol–water partition coefficient (Wildman–Crippen LogP) is 5.88. The first-order valence-corrected chi connectivity index (χ1v) is 11.6. The molecule has 30 heavy (non-hydrogen) atoms. The van der Waals surface area contributed by atoms with Crippen LogP contribution in [0.25, 0.3) is 0 Å². The van der Waals surface area contributed by atoms with E-state index >= 15 is 0 Å². The van der Waals surface area contributed by atoms with Gasteiger partial charge in [-0.05, 0) is 37.6 Å². The summed E-state index contributed by atoms with van der Waals surface area (Å²) in [6, 6.07) is 5.49. The van der Waals surface area contributed by atoms with Gasteiger partial charge < -0.3 is 10.1 Å². The van der Waals surface area contributed by atoms with Gasteiger partial charge in [-0.3, -0.25) is 9.59 Å². The Labute approximate surface area is 185 Å². The number of ketones is 1. The summed E-state index contributed by atoms with van der Waals surface area (Å²) in [7, 11) is 0. The van der Waals surface area contributed by atoms with Gasteiger partial charge in [0.1, 0.15) is 6.04 Å². The van der Waals surface area contributed by atoms with Gasteiger partial charge in [-0.25, -0.2) is 4.79 Å². The summed E-state index contributed by atoms with van der Waals surface area (Å²) < 4.78 is 5.03. The molecule has 0 heterocycles. The van der Waals surface area contributed by atoms with Gasteiger partial charge in [0.15, 0.2) is 5.78 Å². The van der Waals surface area contributed by atoms with E-state index in [-0.39, 0.29) is 24.7 Å². The Kier molecular flexibility index (Phi) is 13.9. The molecule has 0 spiro atoms. The SMILES string of the molecule is CCCCCCCCCCCC(=O)N[C@H](CC(=O)c1ccc(Cl)cc1)C(=O)OCC. The molecule has 0 saturated carbocycles. The zero-order chi connectivity index (χ0) is 22.2. The lowest BCUT2D eigenvalue weighted by Crippen LogP contribution is -2.43. The standard InChI is InChI=1S/C24H36ClNO4/c1-3-5-6-7-8-9-10-11-12-13-23(28)26-21(24(29)30-4-2)18-22(27)19-14-16-20(25)17-15-19/h14-17,21H,3-13,18H2,1-2H3,(H,26,28)/t21-/m1/s1. The Morgan fingerprint density at radius 1 is 0.900 bits per heavy atom.